The summed E-state index contributed by atoms with van der Waals surface area (Å²) in [5.41, 5.74) is 0. The van der Waals surface area contributed by atoms with Crippen molar-refractivity contribution in [1.29, 1.82) is 0 Å². The van der Waals surface area contributed by atoms with Gasteiger partial charge in [-0.05, 0) is 122 Å². The zero-order valence-corrected chi connectivity index (χ0v) is 52.1. The van der Waals surface area contributed by atoms with Crippen molar-refractivity contribution in [2.75, 3.05) is 13.2 Å². The van der Waals surface area contributed by atoms with E-state index in [1.54, 1.807) is 0 Å². The number of carbonyl (C=O) groups excluding carboxylic acids is 3. The van der Waals surface area contributed by atoms with E-state index in [0.717, 1.165) is 116 Å². The summed E-state index contributed by atoms with van der Waals surface area (Å²) < 4.78 is 17.0. The van der Waals surface area contributed by atoms with Crippen LogP contribution in [0.1, 0.15) is 329 Å². The van der Waals surface area contributed by atoms with Gasteiger partial charge in [-0.15, -0.1) is 0 Å². The lowest BCUT2D eigenvalue weighted by Gasteiger charge is -2.18. The molecule has 454 valence electrons. The predicted octanol–water partition coefficient (Wildman–Crippen LogP) is 23.2. The summed E-state index contributed by atoms with van der Waals surface area (Å²) in [5.74, 6) is -0.894. The van der Waals surface area contributed by atoms with E-state index in [9.17, 15) is 14.4 Å². The van der Waals surface area contributed by atoms with Crippen LogP contribution in [-0.2, 0) is 28.6 Å². The number of unbranched alkanes of at least 4 members (excludes halogenated alkanes) is 34. The van der Waals surface area contributed by atoms with Crippen LogP contribution in [0.5, 0.6) is 0 Å². The maximum absolute atomic E-state index is 12.9. The van der Waals surface area contributed by atoms with Gasteiger partial charge in [0, 0.05) is 19.3 Å². The first-order valence-electron chi connectivity index (χ1n) is 33.7. The molecule has 79 heavy (non-hydrogen) atoms. The van der Waals surface area contributed by atoms with Crippen molar-refractivity contribution in [2.45, 2.75) is 335 Å². The Hall–Kier alpha value is -3.67. The van der Waals surface area contributed by atoms with Gasteiger partial charge in [-0.3, -0.25) is 14.4 Å². The summed E-state index contributed by atoms with van der Waals surface area (Å²) >= 11 is 0. The minimum Gasteiger partial charge on any atom is -0.462 e. The molecule has 6 nitrogen and oxygen atoms in total. The SMILES string of the molecule is CC/C=C\C/C=C\C/C=C\C/C=C\C/C=C\CCCCCCCCCCCC(=O)OCC(COC(=O)CCCCCCC/C=C\C/C=C\CCCCC)OC(=O)CCCCCCCCCCC/C=C\CCCCCCCCCC. The molecule has 0 spiro atoms. The fourth-order valence-electron chi connectivity index (χ4n) is 9.50. The molecule has 0 aromatic carbocycles. The van der Waals surface area contributed by atoms with Crippen molar-refractivity contribution in [3.8, 4) is 0 Å². The van der Waals surface area contributed by atoms with Crippen molar-refractivity contribution in [1.82, 2.24) is 0 Å². The van der Waals surface area contributed by atoms with Gasteiger partial charge in [0.25, 0.3) is 0 Å². The number of carbonyl (C=O) groups is 3. The fourth-order valence-corrected chi connectivity index (χ4v) is 9.50. The topological polar surface area (TPSA) is 78.9 Å². The third kappa shape index (κ3) is 65.0. The van der Waals surface area contributed by atoms with E-state index in [1.807, 2.05) is 0 Å². The molecule has 0 heterocycles. The Morgan fingerprint density at radius 3 is 0.810 bits per heavy atom. The molecule has 0 saturated heterocycles. The van der Waals surface area contributed by atoms with Gasteiger partial charge in [0.15, 0.2) is 6.10 Å². The summed E-state index contributed by atoms with van der Waals surface area (Å²) in [7, 11) is 0. The summed E-state index contributed by atoms with van der Waals surface area (Å²) in [6.45, 7) is 6.52. The van der Waals surface area contributed by atoms with E-state index >= 15 is 0 Å². The predicted molar refractivity (Wildman–Crippen MR) is 344 cm³/mol. The van der Waals surface area contributed by atoms with Gasteiger partial charge in [0.1, 0.15) is 13.2 Å². The van der Waals surface area contributed by atoms with Gasteiger partial charge < -0.3 is 14.2 Å². The number of allylic oxidation sites excluding steroid dienone is 16. The van der Waals surface area contributed by atoms with Crippen LogP contribution < -0.4 is 0 Å². The van der Waals surface area contributed by atoms with Crippen LogP contribution in [0.25, 0.3) is 0 Å². The second kappa shape index (κ2) is 66.8. The molecule has 6 heteroatoms. The van der Waals surface area contributed by atoms with Crippen LogP contribution in [-0.4, -0.2) is 37.2 Å². The summed E-state index contributed by atoms with van der Waals surface area (Å²) in [6.07, 6.45) is 89.8. The quantitative estimate of drug-likeness (QED) is 0.0261. The summed E-state index contributed by atoms with van der Waals surface area (Å²) in [6, 6.07) is 0. The van der Waals surface area contributed by atoms with Crippen molar-refractivity contribution in [2.24, 2.45) is 0 Å². The number of rotatable bonds is 61. The minimum absolute atomic E-state index is 0.0851. The highest BCUT2D eigenvalue weighted by Gasteiger charge is 2.19. The van der Waals surface area contributed by atoms with Crippen molar-refractivity contribution < 1.29 is 28.6 Å². The third-order valence-electron chi connectivity index (χ3n) is 14.5. The van der Waals surface area contributed by atoms with Crippen LogP contribution >= 0.6 is 0 Å². The number of hydrogen-bond donors (Lipinski definition) is 0. The highest BCUT2D eigenvalue weighted by Crippen LogP contribution is 2.16. The standard InChI is InChI=1S/C73H126O6/c1-4-7-10-13-16-19-22-25-28-30-32-34-35-36-37-39-40-42-45-48-51-54-57-60-63-66-72(75)78-69-70(68-77-71(74)65-62-59-56-53-50-47-44-27-24-21-18-15-12-9-6-3)79-73(76)67-64-61-58-55-52-49-46-43-41-38-33-31-29-26-23-20-17-14-11-8-5-2/h7,10,16,18-19,21,25,27-28,31-34,36-37,44,70H,4-6,8-9,11-15,17,20,22-24,26,29-30,35,38-43,45-69H2,1-3H3/b10-7-,19-16-,21-18-,28-25-,33-31-,34-32-,37-36-,44-27-. The maximum atomic E-state index is 12.9. The lowest BCUT2D eigenvalue weighted by Crippen LogP contribution is -2.30. The van der Waals surface area contributed by atoms with Crippen molar-refractivity contribution in [3.63, 3.8) is 0 Å². The van der Waals surface area contributed by atoms with Crippen LogP contribution in [0.15, 0.2) is 97.2 Å². The molecule has 1 atom stereocenters. The average molecular weight is 1100 g/mol. The van der Waals surface area contributed by atoms with Crippen LogP contribution in [0.4, 0.5) is 0 Å². The molecule has 0 N–H and O–H groups in total. The monoisotopic (exact) mass is 1100 g/mol. The Morgan fingerprint density at radius 2 is 0.494 bits per heavy atom. The van der Waals surface area contributed by atoms with E-state index in [4.69, 9.17) is 14.2 Å². The second-order valence-electron chi connectivity index (χ2n) is 22.3. The summed E-state index contributed by atoms with van der Waals surface area (Å²) in [4.78, 5) is 38.4. The maximum Gasteiger partial charge on any atom is 0.306 e. The van der Waals surface area contributed by atoms with E-state index in [2.05, 4.69) is 118 Å². The Morgan fingerprint density at radius 1 is 0.266 bits per heavy atom. The lowest BCUT2D eigenvalue weighted by atomic mass is 10.1. The largest absolute Gasteiger partial charge is 0.462 e. The van der Waals surface area contributed by atoms with Crippen molar-refractivity contribution in [3.05, 3.63) is 97.2 Å². The van der Waals surface area contributed by atoms with Gasteiger partial charge in [0.05, 0.1) is 0 Å². The Balaban J connectivity index is 4.36. The molecule has 0 aromatic heterocycles. The number of hydrogen-bond acceptors (Lipinski definition) is 6. The highest BCUT2D eigenvalue weighted by molar-refractivity contribution is 5.71. The smallest absolute Gasteiger partial charge is 0.306 e. The first-order chi connectivity index (χ1) is 39.0. The second-order valence-corrected chi connectivity index (χ2v) is 22.3. The summed E-state index contributed by atoms with van der Waals surface area (Å²) in [5, 5.41) is 0. The van der Waals surface area contributed by atoms with Gasteiger partial charge >= 0.3 is 17.9 Å². The molecular weight excluding hydrogens is 973 g/mol. The fraction of sp³-hybridized carbons (Fsp3) is 0.740. The molecule has 0 radical (unpaired) electrons. The highest BCUT2D eigenvalue weighted by atomic mass is 16.6. The van der Waals surface area contributed by atoms with Gasteiger partial charge in [-0.25, -0.2) is 0 Å². The molecule has 0 aliphatic carbocycles. The molecule has 0 fully saturated rings. The first kappa shape index (κ1) is 75.3. The Kier molecular flexibility index (Phi) is 63.7. The molecular formula is C73H126O6. The van der Waals surface area contributed by atoms with Gasteiger partial charge in [-0.1, -0.05) is 285 Å². The first-order valence-corrected chi connectivity index (χ1v) is 33.7. The molecule has 0 bridgehead atoms. The zero-order chi connectivity index (χ0) is 57.1. The van der Waals surface area contributed by atoms with E-state index < -0.39 is 6.10 Å². The van der Waals surface area contributed by atoms with Gasteiger partial charge in [-0.2, -0.15) is 0 Å². The van der Waals surface area contributed by atoms with Gasteiger partial charge in [0.2, 0.25) is 0 Å². The Labute approximate surface area is 489 Å². The third-order valence-corrected chi connectivity index (χ3v) is 14.5. The zero-order valence-electron chi connectivity index (χ0n) is 52.1. The normalized spacial score (nSPS) is 12.7. The molecule has 0 rings (SSSR count). The van der Waals surface area contributed by atoms with E-state index in [0.29, 0.717) is 19.3 Å². The molecule has 0 aliphatic heterocycles. The molecule has 0 amide bonds. The van der Waals surface area contributed by atoms with Crippen LogP contribution in [0.3, 0.4) is 0 Å². The average Bonchev–Trinajstić information content (AvgIpc) is 3.45. The number of ether oxygens (including phenoxy) is 3. The lowest BCUT2D eigenvalue weighted by molar-refractivity contribution is -0.167. The van der Waals surface area contributed by atoms with Crippen LogP contribution in [0.2, 0.25) is 0 Å². The van der Waals surface area contributed by atoms with Crippen LogP contribution in [0, 0.1) is 0 Å². The molecule has 1 unspecified atom stereocenters. The minimum atomic E-state index is -0.789. The number of esters is 3. The molecule has 0 saturated carbocycles. The Bertz CT molecular complexity index is 1540. The molecule has 0 aromatic rings. The van der Waals surface area contributed by atoms with E-state index in [-0.39, 0.29) is 31.1 Å². The van der Waals surface area contributed by atoms with Crippen molar-refractivity contribution >= 4 is 17.9 Å². The van der Waals surface area contributed by atoms with E-state index in [1.165, 1.54) is 173 Å². The molecule has 0 aliphatic rings.